The van der Waals surface area contributed by atoms with E-state index < -0.39 is 34.8 Å². The van der Waals surface area contributed by atoms with Crippen molar-refractivity contribution < 1.29 is 23.4 Å². The lowest BCUT2D eigenvalue weighted by Crippen LogP contribution is -2.15. The van der Waals surface area contributed by atoms with Crippen molar-refractivity contribution in [1.82, 2.24) is 0 Å². The van der Waals surface area contributed by atoms with Crippen LogP contribution in [0.2, 0.25) is 0 Å². The zero-order valence-electron chi connectivity index (χ0n) is 9.24. The van der Waals surface area contributed by atoms with Gasteiger partial charge in [-0.3, -0.25) is 0 Å². The second-order valence-corrected chi connectivity index (χ2v) is 3.28. The molecular weight excluding hydrogens is 230 g/mol. The van der Waals surface area contributed by atoms with Crippen LogP contribution in [-0.4, -0.2) is 17.7 Å². The maximum absolute atomic E-state index is 13.3. The Kier molecular flexibility index (Phi) is 4.34. The molecule has 0 spiro atoms. The number of aliphatic hydroxyl groups is 1. The molecule has 1 N–H and O–H groups in total. The molecule has 3 nitrogen and oxygen atoms in total. The van der Waals surface area contributed by atoms with Gasteiger partial charge in [-0.1, -0.05) is 12.6 Å². The minimum absolute atomic E-state index is 0.0876. The molecule has 0 bridgehead atoms. The molecular formula is C12H12F2O3. The van der Waals surface area contributed by atoms with Crippen LogP contribution >= 0.6 is 0 Å². The number of ether oxygens (including phenoxy) is 1. The topological polar surface area (TPSA) is 46.5 Å². The van der Waals surface area contributed by atoms with Crippen molar-refractivity contribution in [2.75, 3.05) is 6.61 Å². The van der Waals surface area contributed by atoms with Gasteiger partial charge in [-0.2, -0.15) is 0 Å². The predicted molar refractivity (Wildman–Crippen MR) is 57.1 cm³/mol. The molecule has 17 heavy (non-hydrogen) atoms. The monoisotopic (exact) mass is 242 g/mol. The van der Waals surface area contributed by atoms with Gasteiger partial charge in [0.15, 0.2) is 0 Å². The van der Waals surface area contributed by atoms with E-state index in [0.717, 1.165) is 18.2 Å². The average Bonchev–Trinajstić information content (AvgIpc) is 2.27. The van der Waals surface area contributed by atoms with E-state index in [0.29, 0.717) is 0 Å². The van der Waals surface area contributed by atoms with Crippen molar-refractivity contribution >= 4 is 5.97 Å². The highest BCUT2D eigenvalue weighted by atomic mass is 19.1. The fraction of sp³-hybridized carbons (Fsp3) is 0.250. The van der Waals surface area contributed by atoms with Crippen LogP contribution in [0.4, 0.5) is 8.78 Å². The van der Waals surface area contributed by atoms with Crippen LogP contribution in [-0.2, 0) is 9.53 Å². The van der Waals surface area contributed by atoms with Gasteiger partial charge in [0.1, 0.15) is 17.7 Å². The molecule has 0 aliphatic heterocycles. The summed E-state index contributed by atoms with van der Waals surface area (Å²) in [5.74, 6) is -2.77. The lowest BCUT2D eigenvalue weighted by atomic mass is 10.0. The van der Waals surface area contributed by atoms with Crippen molar-refractivity contribution in [1.29, 1.82) is 0 Å². The fourth-order valence-electron chi connectivity index (χ4n) is 1.28. The summed E-state index contributed by atoms with van der Waals surface area (Å²) < 4.78 is 31.2. The third kappa shape index (κ3) is 2.88. The highest BCUT2D eigenvalue weighted by Crippen LogP contribution is 2.26. The van der Waals surface area contributed by atoms with E-state index in [2.05, 4.69) is 11.3 Å². The van der Waals surface area contributed by atoms with Gasteiger partial charge in [-0.05, 0) is 19.1 Å². The Morgan fingerprint density at radius 1 is 1.47 bits per heavy atom. The van der Waals surface area contributed by atoms with Crippen molar-refractivity contribution in [3.8, 4) is 0 Å². The average molecular weight is 242 g/mol. The van der Waals surface area contributed by atoms with E-state index >= 15 is 0 Å². The first kappa shape index (κ1) is 13.3. The highest BCUT2D eigenvalue weighted by Gasteiger charge is 2.25. The van der Waals surface area contributed by atoms with E-state index in [-0.39, 0.29) is 6.61 Å². The van der Waals surface area contributed by atoms with Gasteiger partial charge >= 0.3 is 5.97 Å². The van der Waals surface area contributed by atoms with Crippen molar-refractivity contribution in [3.63, 3.8) is 0 Å². The summed E-state index contributed by atoms with van der Waals surface area (Å²) in [4.78, 5) is 11.3. The number of aliphatic hydroxyl groups excluding tert-OH is 1. The van der Waals surface area contributed by atoms with Gasteiger partial charge < -0.3 is 9.84 Å². The number of rotatable bonds is 4. The summed E-state index contributed by atoms with van der Waals surface area (Å²) in [6.07, 6.45) is -1.75. The van der Waals surface area contributed by atoms with Crippen LogP contribution in [0.3, 0.4) is 0 Å². The molecule has 0 saturated carbocycles. The smallest absolute Gasteiger partial charge is 0.336 e. The Labute approximate surface area is 97.3 Å². The number of carbonyl (C=O) groups excluding carboxylic acids is 1. The fourth-order valence-corrected chi connectivity index (χ4v) is 1.28. The van der Waals surface area contributed by atoms with E-state index in [4.69, 9.17) is 0 Å². The van der Waals surface area contributed by atoms with E-state index in [9.17, 15) is 18.7 Å². The Balaban J connectivity index is 3.00. The normalized spacial score (nSPS) is 12.0. The predicted octanol–water partition coefficient (Wildman–Crippen LogP) is 2.12. The van der Waals surface area contributed by atoms with Gasteiger partial charge in [0.25, 0.3) is 0 Å². The van der Waals surface area contributed by atoms with Gasteiger partial charge in [-0.25, -0.2) is 13.6 Å². The zero-order chi connectivity index (χ0) is 13.0. The van der Waals surface area contributed by atoms with Crippen LogP contribution in [0.1, 0.15) is 18.6 Å². The van der Waals surface area contributed by atoms with Crippen LogP contribution in [0.25, 0.3) is 0 Å². The quantitative estimate of drug-likeness (QED) is 0.649. The molecule has 1 aromatic rings. The largest absolute Gasteiger partial charge is 0.463 e. The molecule has 92 valence electrons. The summed E-state index contributed by atoms with van der Waals surface area (Å²) in [5, 5.41) is 9.67. The first-order valence-corrected chi connectivity index (χ1v) is 4.97. The van der Waals surface area contributed by atoms with E-state index in [1.54, 1.807) is 6.92 Å². The standard InChI is InChI=1S/C12H12F2O3/c1-3-17-12(16)7(2)11(15)10-8(13)5-4-6-9(10)14/h4-6,11,15H,2-3H2,1H3. The molecule has 0 amide bonds. The molecule has 0 saturated heterocycles. The summed E-state index contributed by atoms with van der Waals surface area (Å²) >= 11 is 0. The van der Waals surface area contributed by atoms with Gasteiger partial charge in [0.05, 0.1) is 17.7 Å². The number of hydrogen-bond donors (Lipinski definition) is 1. The SMILES string of the molecule is C=C(C(=O)OCC)C(O)c1c(F)cccc1F. The Bertz CT molecular complexity index is 423. The Morgan fingerprint density at radius 3 is 2.47 bits per heavy atom. The number of carbonyl (C=O) groups is 1. The third-order valence-corrected chi connectivity index (χ3v) is 2.14. The third-order valence-electron chi connectivity index (χ3n) is 2.14. The Morgan fingerprint density at radius 2 is 2.00 bits per heavy atom. The highest BCUT2D eigenvalue weighted by molar-refractivity contribution is 5.89. The molecule has 5 heteroatoms. The number of esters is 1. The van der Waals surface area contributed by atoms with E-state index in [1.807, 2.05) is 0 Å². The molecule has 1 rings (SSSR count). The maximum atomic E-state index is 13.3. The summed E-state index contributed by atoms with van der Waals surface area (Å²) in [5.41, 5.74) is -1.01. The molecule has 0 radical (unpaired) electrons. The summed E-state index contributed by atoms with van der Waals surface area (Å²) in [7, 11) is 0. The molecule has 0 aromatic heterocycles. The van der Waals surface area contributed by atoms with Crippen LogP contribution < -0.4 is 0 Å². The number of halogens is 2. The zero-order valence-corrected chi connectivity index (χ0v) is 9.24. The number of hydrogen-bond acceptors (Lipinski definition) is 3. The summed E-state index contributed by atoms with van der Waals surface area (Å²) in [6.45, 7) is 4.93. The van der Waals surface area contributed by atoms with Gasteiger partial charge in [-0.15, -0.1) is 0 Å². The minimum Gasteiger partial charge on any atom is -0.463 e. The summed E-state index contributed by atoms with van der Waals surface area (Å²) in [6, 6.07) is 3.13. The minimum atomic E-state index is -1.75. The van der Waals surface area contributed by atoms with Crippen molar-refractivity contribution in [2.45, 2.75) is 13.0 Å². The molecule has 0 aliphatic carbocycles. The van der Waals surface area contributed by atoms with Crippen LogP contribution in [0.15, 0.2) is 30.4 Å². The van der Waals surface area contributed by atoms with Gasteiger partial charge in [0, 0.05) is 0 Å². The van der Waals surface area contributed by atoms with Crippen LogP contribution in [0, 0.1) is 11.6 Å². The molecule has 0 aliphatic rings. The first-order chi connectivity index (χ1) is 7.99. The molecule has 1 aromatic carbocycles. The second kappa shape index (κ2) is 5.54. The second-order valence-electron chi connectivity index (χ2n) is 3.28. The molecule has 1 unspecified atom stereocenters. The van der Waals surface area contributed by atoms with Crippen molar-refractivity contribution in [3.05, 3.63) is 47.5 Å². The first-order valence-electron chi connectivity index (χ1n) is 4.97. The van der Waals surface area contributed by atoms with Crippen molar-refractivity contribution in [2.24, 2.45) is 0 Å². The molecule has 1 atom stereocenters. The molecule has 0 heterocycles. The lowest BCUT2D eigenvalue weighted by molar-refractivity contribution is -0.139. The maximum Gasteiger partial charge on any atom is 0.336 e. The number of benzene rings is 1. The van der Waals surface area contributed by atoms with Crippen LogP contribution in [0.5, 0.6) is 0 Å². The molecule has 0 fully saturated rings. The van der Waals surface area contributed by atoms with Gasteiger partial charge in [0.2, 0.25) is 0 Å². The van der Waals surface area contributed by atoms with E-state index in [1.165, 1.54) is 0 Å². The lowest BCUT2D eigenvalue weighted by Gasteiger charge is -2.14. The Hall–Kier alpha value is -1.75.